The maximum Gasteiger partial charge on any atom is 0.259 e. The molecule has 0 bridgehead atoms. The van der Waals surface area contributed by atoms with Crippen LogP contribution in [0, 0.1) is 0 Å². The van der Waals surface area contributed by atoms with Crippen molar-refractivity contribution in [2.45, 2.75) is 18.5 Å². The average molecular weight is 340 g/mol. The van der Waals surface area contributed by atoms with E-state index in [4.69, 9.17) is 0 Å². The van der Waals surface area contributed by atoms with E-state index in [0.717, 1.165) is 5.39 Å². The van der Waals surface area contributed by atoms with Crippen LogP contribution in [0.4, 0.5) is 0 Å². The van der Waals surface area contributed by atoms with Crippen LogP contribution in [0.1, 0.15) is 13.0 Å². The summed E-state index contributed by atoms with van der Waals surface area (Å²) < 4.78 is 1.47. The van der Waals surface area contributed by atoms with E-state index in [1.807, 2.05) is 36.2 Å². The highest BCUT2D eigenvalue weighted by molar-refractivity contribution is 5.93. The second-order valence-electron chi connectivity index (χ2n) is 6.88. The SMILES string of the molecule is CC(C(=O)N1CC2(C1)C(=O)NCN2C)n1ccc2ccccc2c1=O. The summed E-state index contributed by atoms with van der Waals surface area (Å²) in [6.45, 7) is 2.95. The van der Waals surface area contributed by atoms with Crippen molar-refractivity contribution in [2.24, 2.45) is 0 Å². The van der Waals surface area contributed by atoms with Gasteiger partial charge in [-0.2, -0.15) is 0 Å². The summed E-state index contributed by atoms with van der Waals surface area (Å²) in [5.74, 6) is -0.175. The molecule has 0 aliphatic carbocycles. The Morgan fingerprint density at radius 3 is 2.60 bits per heavy atom. The minimum Gasteiger partial charge on any atom is -0.342 e. The van der Waals surface area contributed by atoms with Gasteiger partial charge >= 0.3 is 0 Å². The summed E-state index contributed by atoms with van der Waals surface area (Å²) in [4.78, 5) is 41.1. The zero-order valence-corrected chi connectivity index (χ0v) is 14.2. The Balaban J connectivity index is 1.57. The molecule has 7 heteroatoms. The maximum absolute atomic E-state index is 12.8. The molecule has 2 aliphatic heterocycles. The molecule has 7 nitrogen and oxygen atoms in total. The van der Waals surface area contributed by atoms with Gasteiger partial charge in [-0.3, -0.25) is 19.3 Å². The number of rotatable bonds is 2. The topological polar surface area (TPSA) is 74.7 Å². The Labute approximate surface area is 144 Å². The maximum atomic E-state index is 12.8. The van der Waals surface area contributed by atoms with Gasteiger partial charge in [0, 0.05) is 11.6 Å². The number of likely N-dealkylation sites (tertiary alicyclic amines) is 1. The van der Waals surface area contributed by atoms with Crippen molar-refractivity contribution in [3.05, 3.63) is 46.9 Å². The van der Waals surface area contributed by atoms with Crippen molar-refractivity contribution in [3.8, 4) is 0 Å². The van der Waals surface area contributed by atoms with Gasteiger partial charge in [0.2, 0.25) is 11.8 Å². The van der Waals surface area contributed by atoms with Crippen molar-refractivity contribution in [2.75, 3.05) is 26.8 Å². The fourth-order valence-electron chi connectivity index (χ4n) is 3.70. The zero-order valence-electron chi connectivity index (χ0n) is 14.2. The lowest BCUT2D eigenvalue weighted by Crippen LogP contribution is -2.72. The van der Waals surface area contributed by atoms with Gasteiger partial charge in [-0.25, -0.2) is 0 Å². The van der Waals surface area contributed by atoms with E-state index in [0.29, 0.717) is 25.1 Å². The quantitative estimate of drug-likeness (QED) is 0.845. The number of aromatic nitrogens is 1. The van der Waals surface area contributed by atoms with Gasteiger partial charge < -0.3 is 14.8 Å². The minimum absolute atomic E-state index is 0.0328. The third kappa shape index (κ3) is 2.19. The third-order valence-corrected chi connectivity index (χ3v) is 5.46. The standard InChI is InChI=1S/C18H20N4O3/c1-12(22-8-7-13-5-3-4-6-14(13)16(22)24)15(23)21-9-18(10-21)17(25)19-11-20(18)2/h3-8,12H,9-11H2,1-2H3,(H,19,25). The monoisotopic (exact) mass is 340 g/mol. The van der Waals surface area contributed by atoms with Crippen LogP contribution in [0.25, 0.3) is 10.8 Å². The fourth-order valence-corrected chi connectivity index (χ4v) is 3.70. The number of carbonyl (C=O) groups is 2. The van der Waals surface area contributed by atoms with Crippen molar-refractivity contribution in [3.63, 3.8) is 0 Å². The highest BCUT2D eigenvalue weighted by Gasteiger charge is 2.57. The van der Waals surface area contributed by atoms with Gasteiger partial charge in [0.25, 0.3) is 5.56 Å². The predicted molar refractivity (Wildman–Crippen MR) is 93.0 cm³/mol. The summed E-state index contributed by atoms with van der Waals surface area (Å²) in [6, 6.07) is 8.57. The molecule has 1 aromatic heterocycles. The van der Waals surface area contributed by atoms with E-state index >= 15 is 0 Å². The Morgan fingerprint density at radius 1 is 1.20 bits per heavy atom. The van der Waals surface area contributed by atoms with E-state index < -0.39 is 11.6 Å². The highest BCUT2D eigenvalue weighted by Crippen LogP contribution is 2.31. The van der Waals surface area contributed by atoms with Gasteiger partial charge in [0.1, 0.15) is 11.6 Å². The Bertz CT molecular complexity index is 929. The Morgan fingerprint density at radius 2 is 1.92 bits per heavy atom. The van der Waals surface area contributed by atoms with Crippen molar-refractivity contribution in [1.82, 2.24) is 19.7 Å². The molecule has 2 amide bonds. The number of nitrogens with one attached hydrogen (secondary N) is 1. The number of likely N-dealkylation sites (N-methyl/N-ethyl adjacent to an activating group) is 1. The first kappa shape index (κ1) is 15.8. The molecule has 4 rings (SSSR count). The summed E-state index contributed by atoms with van der Waals surface area (Å²) in [7, 11) is 1.87. The predicted octanol–water partition coefficient (Wildman–Crippen LogP) is 0.163. The molecule has 1 atom stereocenters. The van der Waals surface area contributed by atoms with Crippen LogP contribution in [0.2, 0.25) is 0 Å². The Hall–Kier alpha value is -2.67. The van der Waals surface area contributed by atoms with Crippen LogP contribution in [0.15, 0.2) is 41.3 Å². The van der Waals surface area contributed by atoms with Crippen LogP contribution in [-0.4, -0.2) is 58.5 Å². The molecule has 2 aromatic rings. The van der Waals surface area contributed by atoms with Crippen molar-refractivity contribution >= 4 is 22.6 Å². The van der Waals surface area contributed by atoms with Gasteiger partial charge in [0.15, 0.2) is 0 Å². The first-order valence-corrected chi connectivity index (χ1v) is 8.32. The zero-order chi connectivity index (χ0) is 17.8. The van der Waals surface area contributed by atoms with Crippen LogP contribution < -0.4 is 10.9 Å². The third-order valence-electron chi connectivity index (χ3n) is 5.46. The molecule has 130 valence electrons. The Kier molecular flexibility index (Phi) is 3.43. The molecule has 0 radical (unpaired) electrons. The molecule has 1 spiro atoms. The molecule has 1 aromatic carbocycles. The van der Waals surface area contributed by atoms with E-state index in [2.05, 4.69) is 5.32 Å². The number of amides is 2. The van der Waals surface area contributed by atoms with Crippen LogP contribution >= 0.6 is 0 Å². The number of hydrogen-bond acceptors (Lipinski definition) is 4. The molecular formula is C18H20N4O3. The highest BCUT2D eigenvalue weighted by atomic mass is 16.2. The summed E-state index contributed by atoms with van der Waals surface area (Å²) in [5.41, 5.74) is -0.783. The summed E-state index contributed by atoms with van der Waals surface area (Å²) >= 11 is 0. The summed E-state index contributed by atoms with van der Waals surface area (Å²) in [5, 5.41) is 4.26. The lowest BCUT2D eigenvalue weighted by Gasteiger charge is -2.49. The van der Waals surface area contributed by atoms with Gasteiger partial charge in [-0.05, 0) is 31.5 Å². The molecule has 1 N–H and O–H groups in total. The van der Waals surface area contributed by atoms with E-state index in [9.17, 15) is 14.4 Å². The van der Waals surface area contributed by atoms with E-state index in [1.54, 1.807) is 24.1 Å². The number of carbonyl (C=O) groups excluding carboxylic acids is 2. The largest absolute Gasteiger partial charge is 0.342 e. The van der Waals surface area contributed by atoms with Crippen molar-refractivity contribution in [1.29, 1.82) is 0 Å². The molecular weight excluding hydrogens is 320 g/mol. The van der Waals surface area contributed by atoms with Crippen LogP contribution in [0.3, 0.4) is 0 Å². The lowest BCUT2D eigenvalue weighted by atomic mass is 9.88. The van der Waals surface area contributed by atoms with Gasteiger partial charge in [-0.1, -0.05) is 18.2 Å². The number of fused-ring (bicyclic) bond motifs is 1. The number of benzene rings is 1. The van der Waals surface area contributed by atoms with E-state index in [1.165, 1.54) is 4.57 Å². The van der Waals surface area contributed by atoms with Crippen molar-refractivity contribution < 1.29 is 9.59 Å². The second-order valence-corrected chi connectivity index (χ2v) is 6.88. The lowest BCUT2D eigenvalue weighted by molar-refractivity contribution is -0.152. The molecule has 2 aliphatic rings. The van der Waals surface area contributed by atoms with Crippen LogP contribution in [-0.2, 0) is 9.59 Å². The fraction of sp³-hybridized carbons (Fsp3) is 0.389. The molecule has 2 saturated heterocycles. The molecule has 25 heavy (non-hydrogen) atoms. The molecule has 3 heterocycles. The number of pyridine rings is 1. The van der Waals surface area contributed by atoms with E-state index in [-0.39, 0.29) is 17.4 Å². The first-order chi connectivity index (χ1) is 11.9. The minimum atomic E-state index is -0.607. The summed E-state index contributed by atoms with van der Waals surface area (Å²) in [6.07, 6.45) is 1.66. The number of nitrogens with zero attached hydrogens (tertiary/aromatic N) is 3. The normalized spacial score (nSPS) is 20.6. The second kappa shape index (κ2) is 5.42. The van der Waals surface area contributed by atoms with Gasteiger partial charge in [0.05, 0.1) is 19.8 Å². The number of hydrogen-bond donors (Lipinski definition) is 1. The molecule has 0 saturated carbocycles. The van der Waals surface area contributed by atoms with Crippen LogP contribution in [0.5, 0.6) is 0 Å². The molecule has 2 fully saturated rings. The smallest absolute Gasteiger partial charge is 0.259 e. The first-order valence-electron chi connectivity index (χ1n) is 8.32. The van der Waals surface area contributed by atoms with Gasteiger partial charge in [-0.15, -0.1) is 0 Å². The molecule has 1 unspecified atom stereocenters. The average Bonchev–Trinajstić information content (AvgIpc) is 2.88.